The summed E-state index contributed by atoms with van der Waals surface area (Å²) in [7, 11) is 0. The Morgan fingerprint density at radius 3 is 2.85 bits per heavy atom. The van der Waals surface area contributed by atoms with Crippen LogP contribution in [-0.2, 0) is 11.2 Å². The van der Waals surface area contributed by atoms with Gasteiger partial charge in [0.15, 0.2) is 5.65 Å². The molecule has 0 aliphatic carbocycles. The molecule has 3 heterocycles. The van der Waals surface area contributed by atoms with Crippen molar-refractivity contribution in [3.8, 4) is 0 Å². The maximum Gasteiger partial charge on any atom is 0.355 e. The average Bonchev–Trinajstić information content (AvgIpc) is 3.16. The first kappa shape index (κ1) is 17.7. The lowest BCUT2D eigenvalue weighted by molar-refractivity contribution is 0.0519. The van der Waals surface area contributed by atoms with E-state index in [-0.39, 0.29) is 12.5 Å². The number of carbonyl (C=O) groups is 2. The van der Waals surface area contributed by atoms with Crippen LogP contribution in [-0.4, -0.2) is 44.6 Å². The van der Waals surface area contributed by atoms with Crippen LogP contribution in [0, 0.1) is 13.8 Å². The SMILES string of the molecule is CCOC(=O)c1[nH]c(C)c(C(=O)NCCc2nnc3ccccn23)c1C. The lowest BCUT2D eigenvalue weighted by Gasteiger charge is -2.06. The zero-order valence-electron chi connectivity index (χ0n) is 15.0. The summed E-state index contributed by atoms with van der Waals surface area (Å²) in [5.41, 5.74) is 2.78. The average molecular weight is 355 g/mol. The van der Waals surface area contributed by atoms with E-state index in [9.17, 15) is 9.59 Å². The number of nitrogens with one attached hydrogen (secondary N) is 2. The molecule has 3 aromatic rings. The minimum atomic E-state index is -0.456. The van der Waals surface area contributed by atoms with E-state index in [4.69, 9.17) is 4.74 Å². The van der Waals surface area contributed by atoms with E-state index in [1.54, 1.807) is 20.8 Å². The number of nitrogens with zero attached hydrogens (tertiary/aromatic N) is 3. The number of ether oxygens (including phenoxy) is 1. The summed E-state index contributed by atoms with van der Waals surface area (Å²) >= 11 is 0. The van der Waals surface area contributed by atoms with Gasteiger partial charge in [-0.1, -0.05) is 6.07 Å². The van der Waals surface area contributed by atoms with Crippen molar-refractivity contribution in [3.63, 3.8) is 0 Å². The van der Waals surface area contributed by atoms with E-state index < -0.39 is 5.97 Å². The third kappa shape index (κ3) is 3.30. The summed E-state index contributed by atoms with van der Waals surface area (Å²) < 4.78 is 6.89. The van der Waals surface area contributed by atoms with Crippen molar-refractivity contribution in [2.24, 2.45) is 0 Å². The Morgan fingerprint density at radius 2 is 2.08 bits per heavy atom. The second kappa shape index (κ2) is 7.38. The number of aromatic nitrogens is 4. The largest absolute Gasteiger partial charge is 0.461 e. The molecule has 0 unspecified atom stereocenters. The summed E-state index contributed by atoms with van der Waals surface area (Å²) in [4.78, 5) is 27.4. The minimum Gasteiger partial charge on any atom is -0.461 e. The summed E-state index contributed by atoms with van der Waals surface area (Å²) in [5.74, 6) is 0.0818. The molecular weight excluding hydrogens is 334 g/mol. The fourth-order valence-electron chi connectivity index (χ4n) is 2.94. The number of amides is 1. The van der Waals surface area contributed by atoms with Gasteiger partial charge in [0.1, 0.15) is 11.5 Å². The number of aryl methyl sites for hydroxylation is 1. The van der Waals surface area contributed by atoms with E-state index in [0.29, 0.717) is 35.5 Å². The lowest BCUT2D eigenvalue weighted by Crippen LogP contribution is -2.27. The molecule has 0 aliphatic heterocycles. The van der Waals surface area contributed by atoms with Crippen molar-refractivity contribution in [2.45, 2.75) is 27.2 Å². The topological polar surface area (TPSA) is 101 Å². The maximum atomic E-state index is 12.5. The van der Waals surface area contributed by atoms with Gasteiger partial charge in [-0.05, 0) is 38.5 Å². The van der Waals surface area contributed by atoms with Crippen molar-refractivity contribution >= 4 is 17.5 Å². The number of fused-ring (bicyclic) bond motifs is 1. The third-order valence-electron chi connectivity index (χ3n) is 4.16. The Morgan fingerprint density at radius 1 is 1.27 bits per heavy atom. The first-order chi connectivity index (χ1) is 12.5. The Balaban J connectivity index is 1.68. The molecule has 1 amide bonds. The third-order valence-corrected chi connectivity index (χ3v) is 4.16. The molecule has 3 aromatic heterocycles. The van der Waals surface area contributed by atoms with Crippen molar-refractivity contribution in [1.29, 1.82) is 0 Å². The fourth-order valence-corrected chi connectivity index (χ4v) is 2.94. The van der Waals surface area contributed by atoms with Crippen LogP contribution < -0.4 is 5.32 Å². The molecule has 2 N–H and O–H groups in total. The highest BCUT2D eigenvalue weighted by Gasteiger charge is 2.22. The number of carbonyl (C=O) groups excluding carboxylic acids is 2. The molecular formula is C18H21N5O3. The molecule has 0 saturated heterocycles. The zero-order valence-corrected chi connectivity index (χ0v) is 15.0. The highest BCUT2D eigenvalue weighted by atomic mass is 16.5. The van der Waals surface area contributed by atoms with Crippen molar-refractivity contribution in [3.05, 3.63) is 52.7 Å². The molecule has 0 aromatic carbocycles. The molecule has 0 radical (unpaired) electrons. The fraction of sp³-hybridized carbons (Fsp3) is 0.333. The summed E-state index contributed by atoms with van der Waals surface area (Å²) in [6, 6.07) is 5.68. The van der Waals surface area contributed by atoms with E-state index in [0.717, 1.165) is 11.5 Å². The number of hydrogen-bond donors (Lipinski definition) is 2. The van der Waals surface area contributed by atoms with Crippen LogP contribution in [0.1, 0.15) is 44.9 Å². The quantitative estimate of drug-likeness (QED) is 0.657. The highest BCUT2D eigenvalue weighted by molar-refractivity contribution is 6.01. The molecule has 26 heavy (non-hydrogen) atoms. The number of pyridine rings is 1. The van der Waals surface area contributed by atoms with Crippen LogP contribution in [0.2, 0.25) is 0 Å². The van der Waals surface area contributed by atoms with Gasteiger partial charge in [0.05, 0.1) is 12.2 Å². The van der Waals surface area contributed by atoms with Gasteiger partial charge >= 0.3 is 5.97 Å². The number of H-pyrrole nitrogens is 1. The van der Waals surface area contributed by atoms with Gasteiger partial charge in [-0.15, -0.1) is 10.2 Å². The standard InChI is InChI=1S/C18H21N5O3/c1-4-26-18(25)16-11(2)15(12(3)20-16)17(24)19-9-8-14-22-21-13-7-5-6-10-23(13)14/h5-7,10,20H,4,8-9H2,1-3H3,(H,19,24). The van der Waals surface area contributed by atoms with Gasteiger partial charge in [-0.2, -0.15) is 0 Å². The van der Waals surface area contributed by atoms with Crippen LogP contribution in [0.25, 0.3) is 5.65 Å². The Kier molecular flexibility index (Phi) is 5.01. The number of esters is 1. The molecule has 3 rings (SSSR count). The number of hydrogen-bond acceptors (Lipinski definition) is 5. The monoisotopic (exact) mass is 355 g/mol. The van der Waals surface area contributed by atoms with Crippen LogP contribution in [0.15, 0.2) is 24.4 Å². The van der Waals surface area contributed by atoms with E-state index >= 15 is 0 Å². The number of rotatable bonds is 6. The van der Waals surface area contributed by atoms with Gasteiger partial charge in [-0.25, -0.2) is 4.79 Å². The molecule has 0 fully saturated rings. The van der Waals surface area contributed by atoms with Crippen molar-refractivity contribution < 1.29 is 14.3 Å². The molecule has 0 aliphatic rings. The first-order valence-electron chi connectivity index (χ1n) is 8.46. The molecule has 136 valence electrons. The summed E-state index contributed by atoms with van der Waals surface area (Å²) in [5, 5.41) is 11.1. The zero-order chi connectivity index (χ0) is 18.7. The van der Waals surface area contributed by atoms with Crippen LogP contribution >= 0.6 is 0 Å². The predicted molar refractivity (Wildman–Crippen MR) is 95.2 cm³/mol. The molecule has 8 heteroatoms. The van der Waals surface area contributed by atoms with E-state index in [1.807, 2.05) is 28.8 Å². The molecule has 0 atom stereocenters. The van der Waals surface area contributed by atoms with Gasteiger partial charge in [0, 0.05) is 24.9 Å². The molecule has 8 nitrogen and oxygen atoms in total. The van der Waals surface area contributed by atoms with E-state index in [1.165, 1.54) is 0 Å². The van der Waals surface area contributed by atoms with Gasteiger partial charge < -0.3 is 15.0 Å². The Bertz CT molecular complexity index is 957. The Hall–Kier alpha value is -3.16. The second-order valence-electron chi connectivity index (χ2n) is 5.90. The lowest BCUT2D eigenvalue weighted by atomic mass is 10.1. The van der Waals surface area contributed by atoms with Gasteiger partial charge in [0.25, 0.3) is 5.91 Å². The van der Waals surface area contributed by atoms with Crippen LogP contribution in [0.5, 0.6) is 0 Å². The summed E-state index contributed by atoms with van der Waals surface area (Å²) in [6.07, 6.45) is 2.43. The van der Waals surface area contributed by atoms with Crippen molar-refractivity contribution in [2.75, 3.05) is 13.2 Å². The molecule has 0 spiro atoms. The normalized spacial score (nSPS) is 10.9. The van der Waals surface area contributed by atoms with Crippen LogP contribution in [0.4, 0.5) is 0 Å². The van der Waals surface area contributed by atoms with Crippen molar-refractivity contribution in [1.82, 2.24) is 24.9 Å². The maximum absolute atomic E-state index is 12.5. The molecule has 0 saturated carbocycles. The second-order valence-corrected chi connectivity index (χ2v) is 5.90. The first-order valence-corrected chi connectivity index (χ1v) is 8.46. The van der Waals surface area contributed by atoms with Gasteiger partial charge in [-0.3, -0.25) is 9.20 Å². The minimum absolute atomic E-state index is 0.236. The summed E-state index contributed by atoms with van der Waals surface area (Å²) in [6.45, 7) is 5.93. The Labute approximate surface area is 150 Å². The van der Waals surface area contributed by atoms with Gasteiger partial charge in [0.2, 0.25) is 0 Å². The highest BCUT2D eigenvalue weighted by Crippen LogP contribution is 2.18. The van der Waals surface area contributed by atoms with E-state index in [2.05, 4.69) is 20.5 Å². The molecule has 0 bridgehead atoms. The smallest absolute Gasteiger partial charge is 0.355 e. The van der Waals surface area contributed by atoms with Crippen LogP contribution in [0.3, 0.4) is 0 Å². The predicted octanol–water partition coefficient (Wildman–Crippen LogP) is 1.82. The number of aromatic amines is 1.